The fourth-order valence-corrected chi connectivity index (χ4v) is 3.63. The van der Waals surface area contributed by atoms with Crippen molar-refractivity contribution in [3.63, 3.8) is 0 Å². The SMILES string of the molecule is Cc1ccc(-c2ccsc2C(=O)Nc2ccc(C)c(I)c2)cc1. The first-order valence-corrected chi connectivity index (χ1v) is 9.22. The molecule has 0 spiro atoms. The third-order valence-electron chi connectivity index (χ3n) is 3.66. The van der Waals surface area contributed by atoms with Gasteiger partial charge in [0.05, 0.1) is 4.88 Å². The third-order valence-corrected chi connectivity index (χ3v) is 5.74. The van der Waals surface area contributed by atoms with Crippen LogP contribution in [0.5, 0.6) is 0 Å². The van der Waals surface area contributed by atoms with E-state index in [0.29, 0.717) is 0 Å². The lowest BCUT2D eigenvalue weighted by atomic mass is 10.0. The number of benzene rings is 2. The molecule has 1 amide bonds. The summed E-state index contributed by atoms with van der Waals surface area (Å²) < 4.78 is 1.14. The van der Waals surface area contributed by atoms with Crippen molar-refractivity contribution in [1.82, 2.24) is 0 Å². The third kappa shape index (κ3) is 3.64. The molecule has 0 unspecified atom stereocenters. The van der Waals surface area contributed by atoms with E-state index in [1.165, 1.54) is 22.5 Å². The molecule has 3 rings (SSSR count). The van der Waals surface area contributed by atoms with Gasteiger partial charge in [0.25, 0.3) is 5.91 Å². The number of carbonyl (C=O) groups excluding carboxylic acids is 1. The van der Waals surface area contributed by atoms with Crippen LogP contribution in [0.2, 0.25) is 0 Å². The zero-order chi connectivity index (χ0) is 16.4. The Balaban J connectivity index is 1.87. The van der Waals surface area contributed by atoms with E-state index < -0.39 is 0 Å². The lowest BCUT2D eigenvalue weighted by molar-refractivity contribution is 0.103. The van der Waals surface area contributed by atoms with Crippen molar-refractivity contribution in [2.24, 2.45) is 0 Å². The number of amides is 1. The van der Waals surface area contributed by atoms with E-state index in [1.54, 1.807) is 0 Å². The van der Waals surface area contributed by atoms with Crippen molar-refractivity contribution >= 4 is 45.5 Å². The molecular formula is C19H16INOS. The van der Waals surface area contributed by atoms with E-state index >= 15 is 0 Å². The molecule has 0 aliphatic rings. The standard InChI is InChI=1S/C19H16INOS/c1-12-3-6-14(7-4-12)16-9-10-23-18(16)19(22)21-15-8-5-13(2)17(20)11-15/h3-11H,1-2H3,(H,21,22). The van der Waals surface area contributed by atoms with Gasteiger partial charge in [-0.1, -0.05) is 35.9 Å². The summed E-state index contributed by atoms with van der Waals surface area (Å²) in [6.07, 6.45) is 0. The first-order chi connectivity index (χ1) is 11.0. The van der Waals surface area contributed by atoms with Gasteiger partial charge in [-0.05, 0) is 71.1 Å². The summed E-state index contributed by atoms with van der Waals surface area (Å²) in [6, 6.07) is 16.2. The van der Waals surface area contributed by atoms with Crippen LogP contribution in [0.1, 0.15) is 20.8 Å². The predicted molar refractivity (Wildman–Crippen MR) is 106 cm³/mol. The van der Waals surface area contributed by atoms with Crippen molar-refractivity contribution in [2.75, 3.05) is 5.32 Å². The van der Waals surface area contributed by atoms with Gasteiger partial charge in [0.1, 0.15) is 0 Å². The fraction of sp³-hybridized carbons (Fsp3) is 0.105. The summed E-state index contributed by atoms with van der Waals surface area (Å²) in [5.74, 6) is -0.0600. The molecule has 0 aliphatic carbocycles. The Morgan fingerprint density at radius 2 is 1.78 bits per heavy atom. The van der Waals surface area contributed by atoms with E-state index in [0.717, 1.165) is 25.3 Å². The second kappa shape index (κ2) is 6.84. The van der Waals surface area contributed by atoms with Gasteiger partial charge in [-0.15, -0.1) is 11.3 Å². The van der Waals surface area contributed by atoms with Crippen LogP contribution in [0.25, 0.3) is 11.1 Å². The fourth-order valence-electron chi connectivity index (χ4n) is 2.30. The number of nitrogens with one attached hydrogen (secondary N) is 1. The molecule has 0 aliphatic heterocycles. The van der Waals surface area contributed by atoms with Gasteiger partial charge in [-0.2, -0.15) is 0 Å². The molecule has 23 heavy (non-hydrogen) atoms. The van der Waals surface area contributed by atoms with Crippen LogP contribution in [0.3, 0.4) is 0 Å². The molecule has 0 atom stereocenters. The Kier molecular flexibility index (Phi) is 4.82. The lowest BCUT2D eigenvalue weighted by Crippen LogP contribution is -2.11. The van der Waals surface area contributed by atoms with E-state index in [2.05, 4.69) is 66.0 Å². The molecule has 2 nitrogen and oxygen atoms in total. The number of hydrogen-bond acceptors (Lipinski definition) is 2. The molecule has 1 aromatic heterocycles. The summed E-state index contributed by atoms with van der Waals surface area (Å²) in [6.45, 7) is 4.12. The normalized spacial score (nSPS) is 10.6. The first kappa shape index (κ1) is 16.2. The van der Waals surface area contributed by atoms with Gasteiger partial charge < -0.3 is 5.32 Å². The Hall–Kier alpha value is -1.66. The van der Waals surface area contributed by atoms with Crippen LogP contribution in [0.4, 0.5) is 5.69 Å². The average molecular weight is 433 g/mol. The highest BCUT2D eigenvalue weighted by Crippen LogP contribution is 2.29. The molecule has 0 bridgehead atoms. The largest absolute Gasteiger partial charge is 0.321 e. The highest BCUT2D eigenvalue weighted by molar-refractivity contribution is 14.1. The molecule has 116 valence electrons. The number of rotatable bonds is 3. The van der Waals surface area contributed by atoms with E-state index in [1.807, 2.05) is 29.6 Å². The Morgan fingerprint density at radius 3 is 2.48 bits per heavy atom. The maximum absolute atomic E-state index is 12.6. The van der Waals surface area contributed by atoms with Gasteiger partial charge in [0.15, 0.2) is 0 Å². The van der Waals surface area contributed by atoms with Crippen LogP contribution in [-0.4, -0.2) is 5.91 Å². The van der Waals surface area contributed by atoms with E-state index in [-0.39, 0.29) is 5.91 Å². The lowest BCUT2D eigenvalue weighted by Gasteiger charge is -2.08. The topological polar surface area (TPSA) is 29.1 Å². The monoisotopic (exact) mass is 433 g/mol. The number of anilines is 1. The van der Waals surface area contributed by atoms with Crippen molar-refractivity contribution < 1.29 is 4.79 Å². The molecule has 0 saturated heterocycles. The van der Waals surface area contributed by atoms with Crippen LogP contribution in [0.15, 0.2) is 53.9 Å². The minimum Gasteiger partial charge on any atom is -0.321 e. The second-order valence-corrected chi connectivity index (χ2v) is 7.53. The Labute approximate surface area is 153 Å². The number of aryl methyl sites for hydroxylation is 2. The maximum atomic E-state index is 12.6. The molecular weight excluding hydrogens is 417 g/mol. The summed E-state index contributed by atoms with van der Waals surface area (Å²) in [5.41, 5.74) is 5.30. The van der Waals surface area contributed by atoms with Crippen LogP contribution in [0, 0.1) is 17.4 Å². The van der Waals surface area contributed by atoms with Crippen molar-refractivity contribution in [3.05, 3.63) is 73.5 Å². The first-order valence-electron chi connectivity index (χ1n) is 7.26. The minimum absolute atomic E-state index is 0.0600. The predicted octanol–water partition coefficient (Wildman–Crippen LogP) is 5.89. The second-order valence-electron chi connectivity index (χ2n) is 5.45. The summed E-state index contributed by atoms with van der Waals surface area (Å²) in [4.78, 5) is 13.4. The molecule has 0 radical (unpaired) electrons. The van der Waals surface area contributed by atoms with Gasteiger partial charge in [-0.3, -0.25) is 4.79 Å². The quantitative estimate of drug-likeness (QED) is 0.513. The van der Waals surface area contributed by atoms with Crippen LogP contribution < -0.4 is 5.32 Å². The number of hydrogen-bond donors (Lipinski definition) is 1. The van der Waals surface area contributed by atoms with Crippen molar-refractivity contribution in [3.8, 4) is 11.1 Å². The molecule has 1 N–H and O–H groups in total. The number of carbonyl (C=O) groups is 1. The molecule has 2 aromatic carbocycles. The zero-order valence-electron chi connectivity index (χ0n) is 12.9. The van der Waals surface area contributed by atoms with E-state index in [4.69, 9.17) is 0 Å². The van der Waals surface area contributed by atoms with Gasteiger partial charge >= 0.3 is 0 Å². The smallest absolute Gasteiger partial charge is 0.266 e. The zero-order valence-corrected chi connectivity index (χ0v) is 15.9. The molecule has 3 aromatic rings. The average Bonchev–Trinajstić information content (AvgIpc) is 3.01. The van der Waals surface area contributed by atoms with Crippen LogP contribution >= 0.6 is 33.9 Å². The maximum Gasteiger partial charge on any atom is 0.266 e. The number of halogens is 1. The van der Waals surface area contributed by atoms with Gasteiger partial charge in [-0.25, -0.2) is 0 Å². The molecule has 0 fully saturated rings. The minimum atomic E-state index is -0.0600. The molecule has 4 heteroatoms. The number of thiophene rings is 1. The Bertz CT molecular complexity index is 852. The van der Waals surface area contributed by atoms with Gasteiger partial charge in [0, 0.05) is 14.8 Å². The summed E-state index contributed by atoms with van der Waals surface area (Å²) in [5, 5.41) is 4.96. The molecule has 1 heterocycles. The highest BCUT2D eigenvalue weighted by atomic mass is 127. The van der Waals surface area contributed by atoms with Crippen molar-refractivity contribution in [2.45, 2.75) is 13.8 Å². The van der Waals surface area contributed by atoms with Crippen LogP contribution in [-0.2, 0) is 0 Å². The van der Waals surface area contributed by atoms with Crippen molar-refractivity contribution in [1.29, 1.82) is 0 Å². The Morgan fingerprint density at radius 1 is 1.04 bits per heavy atom. The summed E-state index contributed by atoms with van der Waals surface area (Å²) >= 11 is 3.75. The molecule has 0 saturated carbocycles. The van der Waals surface area contributed by atoms with E-state index in [9.17, 15) is 4.79 Å². The summed E-state index contributed by atoms with van der Waals surface area (Å²) in [7, 11) is 0. The highest BCUT2D eigenvalue weighted by Gasteiger charge is 2.15. The van der Waals surface area contributed by atoms with Gasteiger partial charge in [0.2, 0.25) is 0 Å².